The fraction of sp³-hybridized carbons (Fsp3) is 0.462. The van der Waals surface area contributed by atoms with E-state index in [-0.39, 0.29) is 6.10 Å². The van der Waals surface area contributed by atoms with Crippen molar-refractivity contribution in [3.05, 3.63) is 30.3 Å². The van der Waals surface area contributed by atoms with E-state index >= 15 is 0 Å². The molecule has 1 atom stereocenters. The molecule has 3 nitrogen and oxygen atoms in total. The van der Waals surface area contributed by atoms with Crippen LogP contribution in [0.2, 0.25) is 5.32 Å². The van der Waals surface area contributed by atoms with Gasteiger partial charge in [0.15, 0.2) is 0 Å². The van der Waals surface area contributed by atoms with E-state index in [2.05, 4.69) is 38.1 Å². The predicted octanol–water partition coefficient (Wildman–Crippen LogP) is 1.54. The summed E-state index contributed by atoms with van der Waals surface area (Å²) in [5.41, 5.74) is 0. The molecule has 0 aliphatic rings. The van der Waals surface area contributed by atoms with Crippen LogP contribution in [0, 0.1) is 5.92 Å². The molecule has 0 fully saturated rings. The van der Waals surface area contributed by atoms with Crippen LogP contribution in [0.5, 0.6) is 0 Å². The minimum atomic E-state index is -0.833. The Morgan fingerprint density at radius 2 is 1.76 bits per heavy atom. The van der Waals surface area contributed by atoms with E-state index in [1.807, 2.05) is 6.07 Å². The van der Waals surface area contributed by atoms with Crippen LogP contribution in [0.4, 0.5) is 0 Å². The number of aliphatic hydroxyl groups is 1. The van der Waals surface area contributed by atoms with E-state index < -0.39 is 5.97 Å². The van der Waals surface area contributed by atoms with E-state index in [9.17, 15) is 5.11 Å². The summed E-state index contributed by atoms with van der Waals surface area (Å²) in [4.78, 5) is 9.00. The summed E-state index contributed by atoms with van der Waals surface area (Å²) in [6, 6.07) is 10.4. The molecule has 0 spiro atoms. The fourth-order valence-corrected chi connectivity index (χ4v) is 3.19. The predicted molar refractivity (Wildman–Crippen MR) is 70.8 cm³/mol. The summed E-state index contributed by atoms with van der Waals surface area (Å²) in [6.45, 7) is 5.21. The quantitative estimate of drug-likeness (QED) is 0.830. The summed E-state index contributed by atoms with van der Waals surface area (Å²) in [5.74, 6) is -0.453. The van der Waals surface area contributed by atoms with Crippen molar-refractivity contribution < 1.29 is 15.0 Å². The molecule has 0 radical (unpaired) electrons. The van der Waals surface area contributed by atoms with Crippen LogP contribution in [0.3, 0.4) is 0 Å². The molecule has 1 rings (SSSR count). The van der Waals surface area contributed by atoms with E-state index in [0.717, 1.165) is 12.2 Å². The molecule has 0 amide bonds. The summed E-state index contributed by atoms with van der Waals surface area (Å²) in [6.07, 6.45) is -0.139. The van der Waals surface area contributed by atoms with Crippen molar-refractivity contribution in [2.75, 3.05) is 0 Å². The molecule has 17 heavy (non-hydrogen) atoms. The third-order valence-electron chi connectivity index (χ3n) is 1.93. The van der Waals surface area contributed by atoms with Gasteiger partial charge < -0.3 is 5.11 Å². The van der Waals surface area contributed by atoms with E-state index in [4.69, 9.17) is 9.90 Å². The number of aliphatic hydroxyl groups excluding tert-OH is 1. The van der Waals surface area contributed by atoms with Crippen LogP contribution in [-0.2, 0) is 4.79 Å². The molecular formula is C13H20O3Se. The van der Waals surface area contributed by atoms with Gasteiger partial charge in [-0.2, -0.15) is 0 Å². The minimum absolute atomic E-state index is 0.139. The average molecular weight is 303 g/mol. The third-order valence-corrected chi connectivity index (χ3v) is 4.27. The van der Waals surface area contributed by atoms with Gasteiger partial charge in [0.1, 0.15) is 0 Å². The molecule has 1 aromatic rings. The molecule has 0 saturated heterocycles. The zero-order valence-corrected chi connectivity index (χ0v) is 12.2. The number of hydrogen-bond donors (Lipinski definition) is 2. The fourth-order valence-electron chi connectivity index (χ4n) is 0.891. The first-order valence-corrected chi connectivity index (χ1v) is 7.55. The van der Waals surface area contributed by atoms with Gasteiger partial charge in [-0.3, -0.25) is 4.79 Å². The van der Waals surface area contributed by atoms with E-state index in [1.54, 1.807) is 0 Å². The van der Waals surface area contributed by atoms with Gasteiger partial charge in [-0.1, -0.05) is 0 Å². The second-order valence-corrected chi connectivity index (χ2v) is 6.25. The van der Waals surface area contributed by atoms with Gasteiger partial charge in [0.2, 0.25) is 0 Å². The Morgan fingerprint density at radius 1 is 1.29 bits per heavy atom. The molecule has 0 aliphatic heterocycles. The number of rotatable bonds is 4. The molecule has 2 N–H and O–H groups in total. The van der Waals surface area contributed by atoms with Crippen LogP contribution in [0.15, 0.2) is 30.3 Å². The van der Waals surface area contributed by atoms with Crippen molar-refractivity contribution in [1.29, 1.82) is 0 Å². The zero-order valence-electron chi connectivity index (χ0n) is 10.5. The van der Waals surface area contributed by atoms with E-state index in [1.165, 1.54) is 4.46 Å². The second kappa shape index (κ2) is 9.23. The van der Waals surface area contributed by atoms with Crippen molar-refractivity contribution in [3.63, 3.8) is 0 Å². The molecule has 0 bridgehead atoms. The second-order valence-electron chi connectivity index (χ2n) is 3.95. The Morgan fingerprint density at radius 3 is 2.18 bits per heavy atom. The molecular weight excluding hydrogens is 283 g/mol. The van der Waals surface area contributed by atoms with Crippen LogP contribution < -0.4 is 4.46 Å². The first-order chi connectivity index (χ1) is 7.93. The van der Waals surface area contributed by atoms with Gasteiger partial charge in [-0.15, -0.1) is 0 Å². The monoisotopic (exact) mass is 304 g/mol. The Balaban J connectivity index is 0.000000557. The van der Waals surface area contributed by atoms with Gasteiger partial charge in [0, 0.05) is 6.92 Å². The number of carboxylic acids is 1. The summed E-state index contributed by atoms with van der Waals surface area (Å²) in [5, 5.41) is 17.9. The maximum atomic E-state index is 9.60. The Kier molecular flexibility index (Phi) is 8.77. The molecule has 0 unspecified atom stereocenters. The van der Waals surface area contributed by atoms with Gasteiger partial charge in [-0.05, 0) is 0 Å². The number of carbonyl (C=O) groups is 1. The molecule has 0 saturated carbocycles. The zero-order chi connectivity index (χ0) is 13.3. The van der Waals surface area contributed by atoms with Gasteiger partial charge >= 0.3 is 86.0 Å². The molecule has 0 aromatic heterocycles. The first kappa shape index (κ1) is 16.2. The summed E-state index contributed by atoms with van der Waals surface area (Å²) in [7, 11) is 0. The normalized spacial score (nSPS) is 11.6. The van der Waals surface area contributed by atoms with Crippen LogP contribution in [0.1, 0.15) is 20.8 Å². The molecule has 4 heteroatoms. The molecule has 0 heterocycles. The Bertz CT molecular complexity index is 308. The van der Waals surface area contributed by atoms with Crippen molar-refractivity contribution >= 4 is 25.4 Å². The van der Waals surface area contributed by atoms with E-state index in [0.29, 0.717) is 20.9 Å². The third kappa shape index (κ3) is 10.1. The number of hydrogen-bond acceptors (Lipinski definition) is 2. The van der Waals surface area contributed by atoms with Crippen molar-refractivity contribution in [1.82, 2.24) is 0 Å². The molecule has 1 aromatic carbocycles. The van der Waals surface area contributed by atoms with Gasteiger partial charge in [0.05, 0.1) is 0 Å². The number of aliphatic carboxylic acids is 1. The van der Waals surface area contributed by atoms with Crippen molar-refractivity contribution in [2.24, 2.45) is 5.92 Å². The van der Waals surface area contributed by atoms with Gasteiger partial charge in [0.25, 0.3) is 5.97 Å². The van der Waals surface area contributed by atoms with Crippen LogP contribution in [0.25, 0.3) is 0 Å². The van der Waals surface area contributed by atoms with Gasteiger partial charge in [-0.25, -0.2) is 0 Å². The summed E-state index contributed by atoms with van der Waals surface area (Å²) >= 11 is 0.422. The molecule has 0 aliphatic carbocycles. The topological polar surface area (TPSA) is 57.5 Å². The first-order valence-electron chi connectivity index (χ1n) is 5.49. The van der Waals surface area contributed by atoms with Crippen molar-refractivity contribution in [3.8, 4) is 0 Å². The Hall–Kier alpha value is -0.831. The number of carboxylic acid groups (broad SMARTS) is 1. The summed E-state index contributed by atoms with van der Waals surface area (Å²) < 4.78 is 1.37. The maximum absolute atomic E-state index is 9.60. The van der Waals surface area contributed by atoms with Crippen LogP contribution >= 0.6 is 0 Å². The van der Waals surface area contributed by atoms with Crippen LogP contribution in [-0.4, -0.2) is 37.2 Å². The Labute approximate surface area is 109 Å². The molecule has 96 valence electrons. The van der Waals surface area contributed by atoms with Crippen molar-refractivity contribution in [2.45, 2.75) is 32.2 Å². The standard InChI is InChI=1S/C11H16OSe.C2H4O2/c1-9(2)11(12)8-13-10-6-4-3-5-7-10;1-2(3)4/h3-7,9,11-12H,8H2,1-2H3;1H3,(H,3,4)/t11-;/m0./s1. The average Bonchev–Trinajstić information content (AvgIpc) is 2.26. The SMILES string of the molecule is CC(=O)O.CC(C)[C@@H](O)C[Se]c1ccccc1. The number of benzene rings is 1.